The summed E-state index contributed by atoms with van der Waals surface area (Å²) in [6.07, 6.45) is 12.5. The Morgan fingerprint density at radius 3 is 1.81 bits per heavy atom. The Balaban J connectivity index is 4.06. The highest BCUT2D eigenvalue weighted by atomic mass is 16.6. The van der Waals surface area contributed by atoms with Crippen LogP contribution in [-0.2, 0) is 19.1 Å². The lowest BCUT2D eigenvalue weighted by Gasteiger charge is -2.29. The Hall–Kier alpha value is -1.10. The first kappa shape index (κ1) is 25.9. The average Bonchev–Trinajstić information content (AvgIpc) is 2.61. The molecule has 0 heterocycles. The number of esters is 2. The van der Waals surface area contributed by atoms with Crippen LogP contribution in [-0.4, -0.2) is 35.9 Å². The number of aliphatic hydroxyl groups excluding tert-OH is 1. The predicted octanol–water partition coefficient (Wildman–Crippen LogP) is 5.33. The van der Waals surface area contributed by atoms with Gasteiger partial charge in [-0.3, -0.25) is 9.59 Å². The zero-order valence-electron chi connectivity index (χ0n) is 17.9. The first-order chi connectivity index (χ1) is 13.0. The summed E-state index contributed by atoms with van der Waals surface area (Å²) in [6, 6.07) is 0. The zero-order valence-corrected chi connectivity index (χ0v) is 17.9. The molecule has 1 unspecified atom stereocenters. The smallest absolute Gasteiger partial charge is 0.306 e. The molecule has 160 valence electrons. The van der Waals surface area contributed by atoms with Gasteiger partial charge < -0.3 is 14.6 Å². The van der Waals surface area contributed by atoms with E-state index in [9.17, 15) is 14.7 Å². The molecule has 0 aromatic carbocycles. The van der Waals surface area contributed by atoms with Crippen molar-refractivity contribution in [1.82, 2.24) is 0 Å². The van der Waals surface area contributed by atoms with Crippen LogP contribution in [0, 0.1) is 0 Å². The van der Waals surface area contributed by atoms with Gasteiger partial charge in [0.2, 0.25) is 0 Å². The third-order valence-electron chi connectivity index (χ3n) is 4.86. The van der Waals surface area contributed by atoms with Gasteiger partial charge in [-0.25, -0.2) is 0 Å². The first-order valence-electron chi connectivity index (χ1n) is 11.0. The Bertz CT molecular complexity index is 383. The molecule has 27 heavy (non-hydrogen) atoms. The van der Waals surface area contributed by atoms with Crippen molar-refractivity contribution >= 4 is 11.9 Å². The highest BCUT2D eigenvalue weighted by molar-refractivity contribution is 5.70. The summed E-state index contributed by atoms with van der Waals surface area (Å²) in [5.41, 5.74) is -0.781. The van der Waals surface area contributed by atoms with Crippen molar-refractivity contribution in [1.29, 1.82) is 0 Å². The van der Waals surface area contributed by atoms with E-state index in [2.05, 4.69) is 13.8 Å². The molecule has 0 rings (SSSR count). The van der Waals surface area contributed by atoms with E-state index in [4.69, 9.17) is 9.47 Å². The van der Waals surface area contributed by atoms with Crippen LogP contribution < -0.4 is 0 Å². The zero-order chi connectivity index (χ0) is 20.4. The second-order valence-electron chi connectivity index (χ2n) is 7.70. The molecule has 0 radical (unpaired) electrons. The normalized spacial score (nSPS) is 13.2. The minimum absolute atomic E-state index is 0.0638. The molecule has 1 N–H and O–H groups in total. The number of hydrogen-bond acceptors (Lipinski definition) is 5. The molecular weight excluding hydrogens is 344 g/mol. The van der Waals surface area contributed by atoms with Gasteiger partial charge >= 0.3 is 11.9 Å². The SMILES string of the molecule is CCCCCCCC(=O)OCCC(C)(CCO)OC(=O)CCCCCCC. The van der Waals surface area contributed by atoms with Crippen molar-refractivity contribution in [3.05, 3.63) is 0 Å². The minimum atomic E-state index is -0.781. The lowest BCUT2D eigenvalue weighted by Crippen LogP contribution is -2.34. The number of rotatable bonds is 18. The number of aliphatic hydroxyl groups is 1. The van der Waals surface area contributed by atoms with Gasteiger partial charge in [-0.1, -0.05) is 65.2 Å². The van der Waals surface area contributed by atoms with Crippen LogP contribution in [0.3, 0.4) is 0 Å². The van der Waals surface area contributed by atoms with Crippen LogP contribution in [0.15, 0.2) is 0 Å². The molecule has 5 nitrogen and oxygen atoms in total. The van der Waals surface area contributed by atoms with E-state index in [0.29, 0.717) is 25.7 Å². The third kappa shape index (κ3) is 15.6. The van der Waals surface area contributed by atoms with E-state index in [0.717, 1.165) is 38.5 Å². The molecule has 0 amide bonds. The Morgan fingerprint density at radius 1 is 0.778 bits per heavy atom. The number of hydrogen-bond donors (Lipinski definition) is 1. The molecule has 1 atom stereocenters. The number of carbonyl (C=O) groups excluding carboxylic acids is 2. The number of unbranched alkanes of at least 4 members (excludes halogenated alkanes) is 8. The topological polar surface area (TPSA) is 72.8 Å². The fourth-order valence-electron chi connectivity index (χ4n) is 2.99. The lowest BCUT2D eigenvalue weighted by molar-refractivity contribution is -0.162. The van der Waals surface area contributed by atoms with Crippen LogP contribution in [0.4, 0.5) is 0 Å². The molecule has 0 aromatic heterocycles. The quantitative estimate of drug-likeness (QED) is 0.255. The summed E-state index contributed by atoms with van der Waals surface area (Å²) in [4.78, 5) is 23.9. The van der Waals surface area contributed by atoms with E-state index in [1.165, 1.54) is 25.7 Å². The van der Waals surface area contributed by atoms with Gasteiger partial charge in [0.25, 0.3) is 0 Å². The molecular formula is C22H42O5. The summed E-state index contributed by atoms with van der Waals surface area (Å²) in [6.45, 7) is 6.28. The van der Waals surface area contributed by atoms with Crippen LogP contribution in [0.2, 0.25) is 0 Å². The van der Waals surface area contributed by atoms with Crippen molar-refractivity contribution in [3.63, 3.8) is 0 Å². The van der Waals surface area contributed by atoms with Crippen LogP contribution in [0.25, 0.3) is 0 Å². The highest BCUT2D eigenvalue weighted by Crippen LogP contribution is 2.22. The molecule has 0 bridgehead atoms. The molecule has 0 aliphatic heterocycles. The molecule has 0 spiro atoms. The number of ether oxygens (including phenoxy) is 2. The van der Waals surface area contributed by atoms with E-state index in [1.54, 1.807) is 6.92 Å². The first-order valence-corrected chi connectivity index (χ1v) is 11.0. The maximum Gasteiger partial charge on any atom is 0.306 e. The largest absolute Gasteiger partial charge is 0.466 e. The van der Waals surface area contributed by atoms with Gasteiger partial charge in [-0.2, -0.15) is 0 Å². The molecule has 0 aliphatic carbocycles. The molecule has 0 saturated heterocycles. The predicted molar refractivity (Wildman–Crippen MR) is 109 cm³/mol. The third-order valence-corrected chi connectivity index (χ3v) is 4.86. The van der Waals surface area contributed by atoms with E-state index in [-0.39, 0.29) is 25.2 Å². The van der Waals surface area contributed by atoms with Crippen molar-refractivity contribution in [3.8, 4) is 0 Å². The monoisotopic (exact) mass is 386 g/mol. The Kier molecular flexibility index (Phi) is 16.3. The second-order valence-corrected chi connectivity index (χ2v) is 7.70. The van der Waals surface area contributed by atoms with Gasteiger partial charge in [0.15, 0.2) is 0 Å². The fourth-order valence-corrected chi connectivity index (χ4v) is 2.99. The summed E-state index contributed by atoms with van der Waals surface area (Å²) >= 11 is 0. The van der Waals surface area contributed by atoms with Crippen molar-refractivity contribution < 1.29 is 24.2 Å². The molecule has 0 aromatic rings. The standard InChI is InChI=1S/C22H42O5/c1-4-6-8-10-12-14-20(24)26-19-17-22(3,16-18-23)27-21(25)15-13-11-9-7-5-2/h23H,4-19H2,1-3H3. The maximum atomic E-state index is 12.1. The van der Waals surface area contributed by atoms with Gasteiger partial charge in [-0.05, 0) is 19.8 Å². The minimum Gasteiger partial charge on any atom is -0.466 e. The van der Waals surface area contributed by atoms with Crippen molar-refractivity contribution in [2.75, 3.05) is 13.2 Å². The van der Waals surface area contributed by atoms with Crippen LogP contribution >= 0.6 is 0 Å². The van der Waals surface area contributed by atoms with Crippen molar-refractivity contribution in [2.45, 2.75) is 116 Å². The Labute approximate surface area is 166 Å². The molecule has 0 aliphatic rings. The average molecular weight is 387 g/mol. The van der Waals surface area contributed by atoms with Crippen LogP contribution in [0.1, 0.15) is 111 Å². The van der Waals surface area contributed by atoms with E-state index in [1.807, 2.05) is 0 Å². The van der Waals surface area contributed by atoms with Gasteiger partial charge in [0.1, 0.15) is 5.60 Å². The Morgan fingerprint density at radius 2 is 1.30 bits per heavy atom. The van der Waals surface area contributed by atoms with Gasteiger partial charge in [0, 0.05) is 32.3 Å². The second kappa shape index (κ2) is 17.0. The highest BCUT2D eigenvalue weighted by Gasteiger charge is 2.28. The molecule has 5 heteroatoms. The summed E-state index contributed by atoms with van der Waals surface area (Å²) in [7, 11) is 0. The fraction of sp³-hybridized carbons (Fsp3) is 0.909. The van der Waals surface area contributed by atoms with E-state index < -0.39 is 5.60 Å². The molecule has 0 saturated carbocycles. The molecule has 0 fully saturated rings. The van der Waals surface area contributed by atoms with Gasteiger partial charge in [0.05, 0.1) is 6.61 Å². The maximum absolute atomic E-state index is 12.1. The summed E-state index contributed by atoms with van der Waals surface area (Å²) < 4.78 is 10.9. The van der Waals surface area contributed by atoms with Crippen LogP contribution in [0.5, 0.6) is 0 Å². The van der Waals surface area contributed by atoms with Crippen molar-refractivity contribution in [2.24, 2.45) is 0 Å². The summed E-state index contributed by atoms with van der Waals surface area (Å²) in [5, 5.41) is 9.28. The lowest BCUT2D eigenvalue weighted by atomic mass is 9.98. The van der Waals surface area contributed by atoms with E-state index >= 15 is 0 Å². The number of carbonyl (C=O) groups is 2. The summed E-state index contributed by atoms with van der Waals surface area (Å²) in [5.74, 6) is -0.426. The van der Waals surface area contributed by atoms with Gasteiger partial charge in [-0.15, -0.1) is 0 Å².